The van der Waals surface area contributed by atoms with Gasteiger partial charge in [-0.2, -0.15) is 5.26 Å². The van der Waals surface area contributed by atoms with Gasteiger partial charge in [-0.05, 0) is 24.6 Å². The van der Waals surface area contributed by atoms with Crippen LogP contribution in [0.25, 0.3) is 0 Å². The first-order chi connectivity index (χ1) is 7.17. The minimum atomic E-state index is -0.246. The van der Waals surface area contributed by atoms with E-state index in [4.69, 9.17) is 5.26 Å². The van der Waals surface area contributed by atoms with E-state index in [1.54, 1.807) is 6.07 Å². The van der Waals surface area contributed by atoms with Gasteiger partial charge in [-0.3, -0.25) is 0 Å². The van der Waals surface area contributed by atoms with Crippen LogP contribution in [0.5, 0.6) is 0 Å². The van der Waals surface area contributed by atoms with Crippen molar-refractivity contribution < 1.29 is 4.39 Å². The number of nitrogens with zero attached hydrogens (tertiary/aromatic N) is 2. The predicted molar refractivity (Wildman–Crippen MR) is 59.1 cm³/mol. The first-order valence-electron chi connectivity index (χ1n) is 5.03. The van der Waals surface area contributed by atoms with Crippen molar-refractivity contribution in [2.24, 2.45) is 5.92 Å². The maximum atomic E-state index is 12.9. The van der Waals surface area contributed by atoms with Crippen molar-refractivity contribution >= 4 is 5.69 Å². The second-order valence-corrected chi connectivity index (χ2v) is 3.59. The maximum absolute atomic E-state index is 12.9. The maximum Gasteiger partial charge on any atom is 0.125 e. The molecule has 0 saturated heterocycles. The molecule has 1 aromatic carbocycles. The smallest absolute Gasteiger partial charge is 0.125 e. The van der Waals surface area contributed by atoms with Crippen LogP contribution in [0.1, 0.15) is 13.3 Å². The number of hydrogen-bond acceptors (Lipinski definition) is 2. The molecule has 1 rings (SSSR count). The lowest BCUT2D eigenvalue weighted by Crippen LogP contribution is -2.24. The van der Waals surface area contributed by atoms with E-state index >= 15 is 0 Å². The number of nitriles is 1. The molecule has 0 heterocycles. The van der Waals surface area contributed by atoms with Gasteiger partial charge in [-0.25, -0.2) is 4.39 Å². The predicted octanol–water partition coefficient (Wildman–Crippen LogP) is 2.81. The standard InChI is InChI=1S/C12H15FN2/c1-3-10(8-14)9-15(2)12-6-4-5-11(13)7-12/h4-7,10H,3,9H2,1-2H3. The van der Waals surface area contributed by atoms with Gasteiger partial charge in [0.05, 0.1) is 12.0 Å². The van der Waals surface area contributed by atoms with Crippen LogP contribution in [0.2, 0.25) is 0 Å². The molecule has 0 N–H and O–H groups in total. The SMILES string of the molecule is CCC(C#N)CN(C)c1cccc(F)c1. The van der Waals surface area contributed by atoms with E-state index in [0.717, 1.165) is 12.1 Å². The molecule has 2 nitrogen and oxygen atoms in total. The summed E-state index contributed by atoms with van der Waals surface area (Å²) in [6, 6.07) is 8.64. The molecule has 0 aliphatic rings. The summed E-state index contributed by atoms with van der Waals surface area (Å²) in [5.41, 5.74) is 0.809. The van der Waals surface area contributed by atoms with Crippen LogP contribution in [0.4, 0.5) is 10.1 Å². The second-order valence-electron chi connectivity index (χ2n) is 3.59. The largest absolute Gasteiger partial charge is 0.373 e. The number of hydrogen-bond donors (Lipinski definition) is 0. The minimum Gasteiger partial charge on any atom is -0.373 e. The van der Waals surface area contributed by atoms with Gasteiger partial charge in [0.1, 0.15) is 5.82 Å². The topological polar surface area (TPSA) is 27.0 Å². The molecule has 3 heteroatoms. The fraction of sp³-hybridized carbons (Fsp3) is 0.417. The van der Waals surface area contributed by atoms with E-state index < -0.39 is 0 Å². The quantitative estimate of drug-likeness (QED) is 0.757. The molecule has 1 atom stereocenters. The summed E-state index contributed by atoms with van der Waals surface area (Å²) < 4.78 is 12.9. The zero-order valence-corrected chi connectivity index (χ0v) is 9.07. The van der Waals surface area contributed by atoms with Gasteiger partial charge in [-0.1, -0.05) is 13.0 Å². The molecule has 0 radical (unpaired) electrons. The molecule has 0 saturated carbocycles. The van der Waals surface area contributed by atoms with Crippen molar-refractivity contribution in [3.05, 3.63) is 30.1 Å². The molecule has 0 aliphatic heterocycles. The Morgan fingerprint density at radius 2 is 2.27 bits per heavy atom. The summed E-state index contributed by atoms with van der Waals surface area (Å²) >= 11 is 0. The van der Waals surface area contributed by atoms with Gasteiger partial charge >= 0.3 is 0 Å². The van der Waals surface area contributed by atoms with E-state index in [-0.39, 0.29) is 11.7 Å². The van der Waals surface area contributed by atoms with Crippen LogP contribution in [0.15, 0.2) is 24.3 Å². The Kier molecular flexibility index (Phi) is 4.11. The number of benzene rings is 1. The summed E-state index contributed by atoms with van der Waals surface area (Å²) in [5, 5.41) is 8.83. The van der Waals surface area contributed by atoms with Crippen molar-refractivity contribution in [2.45, 2.75) is 13.3 Å². The average molecular weight is 206 g/mol. The average Bonchev–Trinajstić information content (AvgIpc) is 2.25. The van der Waals surface area contributed by atoms with E-state index in [1.165, 1.54) is 12.1 Å². The highest BCUT2D eigenvalue weighted by Gasteiger charge is 2.09. The Hall–Kier alpha value is -1.56. The monoisotopic (exact) mass is 206 g/mol. The molecular weight excluding hydrogens is 191 g/mol. The van der Waals surface area contributed by atoms with E-state index in [2.05, 4.69) is 6.07 Å². The highest BCUT2D eigenvalue weighted by Crippen LogP contribution is 2.15. The molecule has 0 spiro atoms. The normalized spacial score (nSPS) is 11.9. The Bertz CT molecular complexity index is 357. The van der Waals surface area contributed by atoms with Crippen molar-refractivity contribution in [3.63, 3.8) is 0 Å². The Morgan fingerprint density at radius 3 is 2.80 bits per heavy atom. The van der Waals surface area contributed by atoms with Gasteiger partial charge in [0.25, 0.3) is 0 Å². The third-order valence-electron chi connectivity index (χ3n) is 2.42. The van der Waals surface area contributed by atoms with Crippen LogP contribution in [0.3, 0.4) is 0 Å². The fourth-order valence-electron chi connectivity index (χ4n) is 1.41. The Labute approximate surface area is 89.9 Å². The summed E-state index contributed by atoms with van der Waals surface area (Å²) in [6.45, 7) is 2.61. The summed E-state index contributed by atoms with van der Waals surface area (Å²) in [5.74, 6) is -0.248. The second kappa shape index (κ2) is 5.35. The molecule has 0 aromatic heterocycles. The van der Waals surface area contributed by atoms with Crippen LogP contribution in [0, 0.1) is 23.1 Å². The van der Waals surface area contributed by atoms with E-state index in [1.807, 2.05) is 24.9 Å². The van der Waals surface area contributed by atoms with Gasteiger partial charge in [0, 0.05) is 19.3 Å². The first kappa shape index (κ1) is 11.5. The molecule has 0 fully saturated rings. The van der Waals surface area contributed by atoms with Gasteiger partial charge in [-0.15, -0.1) is 0 Å². The first-order valence-corrected chi connectivity index (χ1v) is 5.03. The van der Waals surface area contributed by atoms with Crippen LogP contribution >= 0.6 is 0 Å². The highest BCUT2D eigenvalue weighted by atomic mass is 19.1. The summed E-state index contributed by atoms with van der Waals surface area (Å²) in [4.78, 5) is 1.90. The van der Waals surface area contributed by atoms with Gasteiger partial charge < -0.3 is 4.90 Å². The molecule has 15 heavy (non-hydrogen) atoms. The minimum absolute atomic E-state index is 0.00160. The Morgan fingerprint density at radius 1 is 1.53 bits per heavy atom. The molecule has 0 amide bonds. The molecule has 0 bridgehead atoms. The van der Waals surface area contributed by atoms with E-state index in [9.17, 15) is 4.39 Å². The molecule has 0 aliphatic carbocycles. The molecular formula is C12H15FN2. The highest BCUT2D eigenvalue weighted by molar-refractivity contribution is 5.45. The molecule has 1 aromatic rings. The number of rotatable bonds is 4. The third-order valence-corrected chi connectivity index (χ3v) is 2.42. The summed E-state index contributed by atoms with van der Waals surface area (Å²) in [6.07, 6.45) is 0.816. The zero-order valence-electron chi connectivity index (χ0n) is 9.07. The van der Waals surface area contributed by atoms with Crippen LogP contribution in [-0.2, 0) is 0 Å². The van der Waals surface area contributed by atoms with Crippen molar-refractivity contribution in [1.29, 1.82) is 5.26 Å². The number of halogens is 1. The van der Waals surface area contributed by atoms with Crippen molar-refractivity contribution in [2.75, 3.05) is 18.5 Å². The zero-order chi connectivity index (χ0) is 11.3. The lowest BCUT2D eigenvalue weighted by Gasteiger charge is -2.21. The van der Waals surface area contributed by atoms with Crippen LogP contribution in [-0.4, -0.2) is 13.6 Å². The van der Waals surface area contributed by atoms with Crippen LogP contribution < -0.4 is 4.90 Å². The third kappa shape index (κ3) is 3.25. The van der Waals surface area contributed by atoms with E-state index in [0.29, 0.717) is 6.54 Å². The lowest BCUT2D eigenvalue weighted by molar-refractivity contribution is 0.617. The van der Waals surface area contributed by atoms with Crippen molar-refractivity contribution in [1.82, 2.24) is 0 Å². The summed E-state index contributed by atoms with van der Waals surface area (Å²) in [7, 11) is 1.87. The van der Waals surface area contributed by atoms with Gasteiger partial charge in [0.15, 0.2) is 0 Å². The molecule has 80 valence electrons. The fourth-order valence-corrected chi connectivity index (χ4v) is 1.41. The Balaban J connectivity index is 2.69. The lowest BCUT2D eigenvalue weighted by atomic mass is 10.1. The number of anilines is 1. The van der Waals surface area contributed by atoms with Gasteiger partial charge in [0.2, 0.25) is 0 Å². The van der Waals surface area contributed by atoms with Crippen molar-refractivity contribution in [3.8, 4) is 6.07 Å². The molecule has 1 unspecified atom stereocenters.